The molecular weight excluding hydrogens is 233 g/mol. The van der Waals surface area contributed by atoms with Gasteiger partial charge < -0.3 is 5.32 Å². The van der Waals surface area contributed by atoms with Crippen molar-refractivity contribution in [3.63, 3.8) is 0 Å². The molecule has 2 aromatic rings. The van der Waals surface area contributed by atoms with Crippen molar-refractivity contribution < 1.29 is 9.18 Å². The van der Waals surface area contributed by atoms with E-state index < -0.39 is 0 Å². The number of rotatable bonds is 4. The summed E-state index contributed by atoms with van der Waals surface area (Å²) in [7, 11) is 0. The fourth-order valence-corrected chi connectivity index (χ4v) is 1.64. The van der Waals surface area contributed by atoms with Crippen molar-refractivity contribution in [2.45, 2.75) is 19.9 Å². The van der Waals surface area contributed by atoms with Crippen LogP contribution in [0.3, 0.4) is 0 Å². The highest BCUT2D eigenvalue weighted by atomic mass is 19.1. The van der Waals surface area contributed by atoms with Crippen LogP contribution in [0.15, 0.2) is 36.7 Å². The lowest BCUT2D eigenvalue weighted by Gasteiger charge is -2.02. The molecule has 0 saturated carbocycles. The number of carbonyl (C=O) groups excluding carboxylic acids is 1. The van der Waals surface area contributed by atoms with Crippen molar-refractivity contribution >= 4 is 11.6 Å². The van der Waals surface area contributed by atoms with Crippen LogP contribution < -0.4 is 5.32 Å². The summed E-state index contributed by atoms with van der Waals surface area (Å²) in [4.78, 5) is 11.7. The van der Waals surface area contributed by atoms with Crippen LogP contribution in [0.25, 0.3) is 0 Å². The standard InChI is InChI=1S/C13H14FN3O/c1-2-17-9-12(8-15-17)16-13(18)7-10-4-3-5-11(14)6-10/h3-6,8-9H,2,7H2,1H3,(H,16,18). The average Bonchev–Trinajstić information content (AvgIpc) is 2.76. The summed E-state index contributed by atoms with van der Waals surface area (Å²) < 4.78 is 14.7. The van der Waals surface area contributed by atoms with Crippen LogP contribution in [-0.2, 0) is 17.8 Å². The Balaban J connectivity index is 1.96. The summed E-state index contributed by atoms with van der Waals surface area (Å²) in [6.45, 7) is 2.71. The van der Waals surface area contributed by atoms with Crippen LogP contribution in [0.5, 0.6) is 0 Å². The molecule has 0 fully saturated rings. The van der Waals surface area contributed by atoms with Crippen molar-refractivity contribution in [1.29, 1.82) is 0 Å². The predicted molar refractivity (Wildman–Crippen MR) is 66.6 cm³/mol. The molecule has 1 heterocycles. The Kier molecular flexibility index (Phi) is 3.72. The number of aromatic nitrogens is 2. The molecule has 0 saturated heterocycles. The molecule has 0 atom stereocenters. The van der Waals surface area contributed by atoms with Gasteiger partial charge in [-0.15, -0.1) is 0 Å². The third-order valence-corrected chi connectivity index (χ3v) is 2.49. The maximum absolute atomic E-state index is 12.9. The molecule has 0 aliphatic heterocycles. The van der Waals surface area contributed by atoms with E-state index in [2.05, 4.69) is 10.4 Å². The van der Waals surface area contributed by atoms with Gasteiger partial charge in [-0.1, -0.05) is 12.1 Å². The summed E-state index contributed by atoms with van der Waals surface area (Å²) in [5.74, 6) is -0.518. The molecule has 1 amide bonds. The van der Waals surface area contributed by atoms with Crippen molar-refractivity contribution in [2.24, 2.45) is 0 Å². The molecule has 1 aromatic carbocycles. The first kappa shape index (κ1) is 12.3. The van der Waals surface area contributed by atoms with Crippen LogP contribution >= 0.6 is 0 Å². The zero-order chi connectivity index (χ0) is 13.0. The van der Waals surface area contributed by atoms with Crippen LogP contribution in [0, 0.1) is 5.82 Å². The van der Waals surface area contributed by atoms with Gasteiger partial charge in [0.05, 0.1) is 18.3 Å². The zero-order valence-corrected chi connectivity index (χ0v) is 10.1. The first-order valence-corrected chi connectivity index (χ1v) is 5.74. The first-order valence-electron chi connectivity index (χ1n) is 5.74. The fourth-order valence-electron chi connectivity index (χ4n) is 1.64. The van der Waals surface area contributed by atoms with E-state index in [0.29, 0.717) is 11.3 Å². The van der Waals surface area contributed by atoms with E-state index in [1.165, 1.54) is 12.1 Å². The Bertz CT molecular complexity index is 551. The van der Waals surface area contributed by atoms with E-state index in [9.17, 15) is 9.18 Å². The monoisotopic (exact) mass is 247 g/mol. The van der Waals surface area contributed by atoms with E-state index in [1.807, 2.05) is 6.92 Å². The third-order valence-electron chi connectivity index (χ3n) is 2.49. The second-order valence-electron chi connectivity index (χ2n) is 3.94. The molecule has 2 rings (SSSR count). The summed E-state index contributed by atoms with van der Waals surface area (Å²) in [6.07, 6.45) is 3.49. The normalized spacial score (nSPS) is 10.3. The largest absolute Gasteiger partial charge is 0.323 e. The maximum atomic E-state index is 12.9. The molecule has 4 nitrogen and oxygen atoms in total. The minimum atomic E-state index is -0.334. The van der Waals surface area contributed by atoms with Crippen molar-refractivity contribution in [1.82, 2.24) is 9.78 Å². The Hall–Kier alpha value is -2.17. The number of nitrogens with one attached hydrogen (secondary N) is 1. The van der Waals surface area contributed by atoms with Gasteiger partial charge in [0.2, 0.25) is 5.91 Å². The Morgan fingerprint density at radius 3 is 3.00 bits per heavy atom. The zero-order valence-electron chi connectivity index (χ0n) is 10.1. The number of benzene rings is 1. The number of nitrogens with zero attached hydrogens (tertiary/aromatic N) is 2. The molecule has 0 aliphatic rings. The summed E-state index contributed by atoms with van der Waals surface area (Å²) in [5.41, 5.74) is 1.30. The third kappa shape index (κ3) is 3.16. The number of halogens is 1. The quantitative estimate of drug-likeness (QED) is 0.900. The minimum Gasteiger partial charge on any atom is -0.323 e. The molecule has 0 radical (unpaired) electrons. The van der Waals surface area contributed by atoms with Gasteiger partial charge in [-0.2, -0.15) is 5.10 Å². The summed E-state index contributed by atoms with van der Waals surface area (Å²) in [5, 5.41) is 6.77. The van der Waals surface area contributed by atoms with Crippen LogP contribution in [0.2, 0.25) is 0 Å². The van der Waals surface area contributed by atoms with Gasteiger partial charge in [0, 0.05) is 12.7 Å². The second kappa shape index (κ2) is 5.44. The first-order chi connectivity index (χ1) is 8.67. The molecule has 0 aliphatic carbocycles. The van der Waals surface area contributed by atoms with E-state index in [1.54, 1.807) is 29.2 Å². The lowest BCUT2D eigenvalue weighted by molar-refractivity contribution is -0.115. The molecule has 18 heavy (non-hydrogen) atoms. The van der Waals surface area contributed by atoms with E-state index in [4.69, 9.17) is 0 Å². The van der Waals surface area contributed by atoms with Crippen molar-refractivity contribution in [3.05, 3.63) is 48.0 Å². The van der Waals surface area contributed by atoms with Crippen LogP contribution in [0.4, 0.5) is 10.1 Å². The smallest absolute Gasteiger partial charge is 0.228 e. The van der Waals surface area contributed by atoms with Gasteiger partial charge in [0.15, 0.2) is 0 Å². The van der Waals surface area contributed by atoms with Gasteiger partial charge in [-0.05, 0) is 24.6 Å². The number of amides is 1. The van der Waals surface area contributed by atoms with Crippen molar-refractivity contribution in [2.75, 3.05) is 5.32 Å². The van der Waals surface area contributed by atoms with E-state index >= 15 is 0 Å². The van der Waals surface area contributed by atoms with Gasteiger partial charge in [-0.3, -0.25) is 9.48 Å². The van der Waals surface area contributed by atoms with Crippen LogP contribution in [-0.4, -0.2) is 15.7 Å². The van der Waals surface area contributed by atoms with E-state index in [-0.39, 0.29) is 18.1 Å². The van der Waals surface area contributed by atoms with Gasteiger partial charge in [-0.25, -0.2) is 4.39 Å². The topological polar surface area (TPSA) is 46.9 Å². The second-order valence-corrected chi connectivity index (χ2v) is 3.94. The van der Waals surface area contributed by atoms with Crippen LogP contribution in [0.1, 0.15) is 12.5 Å². The SMILES string of the molecule is CCn1cc(NC(=O)Cc2cccc(F)c2)cn1. The average molecular weight is 247 g/mol. The Labute approximate surface area is 104 Å². The number of anilines is 1. The lowest BCUT2D eigenvalue weighted by atomic mass is 10.1. The molecule has 0 unspecified atom stereocenters. The summed E-state index contributed by atoms with van der Waals surface area (Å²) >= 11 is 0. The number of carbonyl (C=O) groups is 1. The number of hydrogen-bond donors (Lipinski definition) is 1. The predicted octanol–water partition coefficient (Wildman–Crippen LogP) is 2.22. The van der Waals surface area contributed by atoms with E-state index in [0.717, 1.165) is 6.54 Å². The highest BCUT2D eigenvalue weighted by Crippen LogP contribution is 2.08. The van der Waals surface area contributed by atoms with Gasteiger partial charge >= 0.3 is 0 Å². The Morgan fingerprint density at radius 2 is 2.33 bits per heavy atom. The highest BCUT2D eigenvalue weighted by molar-refractivity contribution is 5.91. The lowest BCUT2D eigenvalue weighted by Crippen LogP contribution is -2.14. The molecule has 1 aromatic heterocycles. The van der Waals surface area contributed by atoms with Gasteiger partial charge in [0.1, 0.15) is 5.82 Å². The highest BCUT2D eigenvalue weighted by Gasteiger charge is 2.06. The fraction of sp³-hybridized carbons (Fsp3) is 0.231. The number of aryl methyl sites for hydroxylation is 1. The Morgan fingerprint density at radius 1 is 1.50 bits per heavy atom. The minimum absolute atomic E-state index is 0.148. The maximum Gasteiger partial charge on any atom is 0.228 e. The molecule has 94 valence electrons. The molecule has 5 heteroatoms. The molecular formula is C13H14FN3O. The summed E-state index contributed by atoms with van der Waals surface area (Å²) in [6, 6.07) is 6.02. The number of hydrogen-bond acceptors (Lipinski definition) is 2. The molecule has 0 bridgehead atoms. The molecule has 1 N–H and O–H groups in total. The van der Waals surface area contributed by atoms with Gasteiger partial charge in [0.25, 0.3) is 0 Å². The molecule has 0 spiro atoms. The van der Waals surface area contributed by atoms with Crippen molar-refractivity contribution in [3.8, 4) is 0 Å².